The standard InChI is InChI=1S/C10H11NO4/c11-4-7(12)10(13)6-1-2-8-9(3-6)15-5-14-8/h1-3,7,12H,4-5,11H2. The van der Waals surface area contributed by atoms with Gasteiger partial charge in [-0.25, -0.2) is 0 Å². The average Bonchev–Trinajstić information content (AvgIpc) is 2.73. The molecule has 0 aromatic heterocycles. The van der Waals surface area contributed by atoms with Crippen LogP contribution in [0.1, 0.15) is 10.4 Å². The van der Waals surface area contributed by atoms with E-state index in [-0.39, 0.29) is 13.3 Å². The molecule has 1 aliphatic rings. The van der Waals surface area contributed by atoms with E-state index in [1.54, 1.807) is 18.2 Å². The molecule has 1 aromatic carbocycles. The van der Waals surface area contributed by atoms with Gasteiger partial charge in [-0.1, -0.05) is 0 Å². The summed E-state index contributed by atoms with van der Waals surface area (Å²) in [5.41, 5.74) is 5.57. The topological polar surface area (TPSA) is 81.8 Å². The van der Waals surface area contributed by atoms with Crippen molar-refractivity contribution >= 4 is 5.78 Å². The van der Waals surface area contributed by atoms with E-state index >= 15 is 0 Å². The zero-order valence-corrected chi connectivity index (χ0v) is 7.97. The van der Waals surface area contributed by atoms with E-state index in [1.165, 1.54) is 0 Å². The van der Waals surface area contributed by atoms with Crippen LogP contribution in [-0.4, -0.2) is 30.3 Å². The lowest BCUT2D eigenvalue weighted by Crippen LogP contribution is -2.29. The molecule has 0 radical (unpaired) electrons. The van der Waals surface area contributed by atoms with Crippen LogP contribution in [0, 0.1) is 0 Å². The molecule has 1 unspecified atom stereocenters. The van der Waals surface area contributed by atoms with E-state index in [1.807, 2.05) is 0 Å². The Bertz CT molecular complexity index is 391. The van der Waals surface area contributed by atoms with Gasteiger partial charge in [-0.3, -0.25) is 4.79 Å². The van der Waals surface area contributed by atoms with Crippen molar-refractivity contribution in [3.05, 3.63) is 23.8 Å². The molecule has 0 fully saturated rings. The smallest absolute Gasteiger partial charge is 0.231 e. The lowest BCUT2D eigenvalue weighted by molar-refractivity contribution is 0.0762. The first kappa shape index (κ1) is 9.95. The van der Waals surface area contributed by atoms with Crippen LogP contribution < -0.4 is 15.2 Å². The highest BCUT2D eigenvalue weighted by atomic mass is 16.7. The highest BCUT2D eigenvalue weighted by Gasteiger charge is 2.19. The minimum Gasteiger partial charge on any atom is -0.454 e. The van der Waals surface area contributed by atoms with Gasteiger partial charge in [-0.2, -0.15) is 0 Å². The maximum Gasteiger partial charge on any atom is 0.231 e. The number of carbonyl (C=O) groups excluding carboxylic acids is 1. The summed E-state index contributed by atoms with van der Waals surface area (Å²) in [5, 5.41) is 9.28. The van der Waals surface area contributed by atoms with Gasteiger partial charge < -0.3 is 20.3 Å². The highest BCUT2D eigenvalue weighted by molar-refractivity contribution is 6.00. The van der Waals surface area contributed by atoms with Crippen LogP contribution in [-0.2, 0) is 0 Å². The lowest BCUT2D eigenvalue weighted by atomic mass is 10.1. The van der Waals surface area contributed by atoms with E-state index in [0.717, 1.165) is 0 Å². The van der Waals surface area contributed by atoms with Crippen molar-refractivity contribution in [2.24, 2.45) is 5.73 Å². The largest absolute Gasteiger partial charge is 0.454 e. The number of ether oxygens (including phenoxy) is 2. The van der Waals surface area contributed by atoms with Gasteiger partial charge in [0.1, 0.15) is 6.10 Å². The van der Waals surface area contributed by atoms with Crippen molar-refractivity contribution in [3.63, 3.8) is 0 Å². The summed E-state index contributed by atoms with van der Waals surface area (Å²) < 4.78 is 10.2. The minimum absolute atomic E-state index is 0.0900. The van der Waals surface area contributed by atoms with E-state index in [2.05, 4.69) is 0 Å². The van der Waals surface area contributed by atoms with Crippen LogP contribution in [0.15, 0.2) is 18.2 Å². The molecule has 1 heterocycles. The van der Waals surface area contributed by atoms with Gasteiger partial charge in [-0.05, 0) is 18.2 Å². The molecule has 3 N–H and O–H groups in total. The third-order valence-corrected chi connectivity index (χ3v) is 2.18. The van der Waals surface area contributed by atoms with Crippen LogP contribution in [0.5, 0.6) is 11.5 Å². The number of hydrogen-bond acceptors (Lipinski definition) is 5. The minimum atomic E-state index is -1.16. The number of benzene rings is 1. The summed E-state index contributed by atoms with van der Waals surface area (Å²) in [4.78, 5) is 11.5. The summed E-state index contributed by atoms with van der Waals surface area (Å²) in [6.45, 7) is 0.0691. The molecule has 1 atom stereocenters. The molecule has 0 amide bonds. The average molecular weight is 209 g/mol. The van der Waals surface area contributed by atoms with Crippen molar-refractivity contribution in [1.29, 1.82) is 0 Å². The molecule has 0 aliphatic carbocycles. The van der Waals surface area contributed by atoms with Crippen molar-refractivity contribution in [1.82, 2.24) is 0 Å². The lowest BCUT2D eigenvalue weighted by Gasteiger charge is -2.06. The first-order chi connectivity index (χ1) is 7.22. The van der Waals surface area contributed by atoms with Crippen LogP contribution in [0.25, 0.3) is 0 Å². The van der Waals surface area contributed by atoms with Gasteiger partial charge in [0.2, 0.25) is 6.79 Å². The SMILES string of the molecule is NCC(O)C(=O)c1ccc2c(c1)OCO2. The fourth-order valence-electron chi connectivity index (χ4n) is 1.35. The van der Waals surface area contributed by atoms with Gasteiger partial charge in [0.05, 0.1) is 0 Å². The van der Waals surface area contributed by atoms with Crippen LogP contribution in [0.4, 0.5) is 0 Å². The number of Topliss-reactive ketones (excluding diaryl/α,β-unsaturated/α-hetero) is 1. The molecular formula is C10H11NO4. The Labute approximate surface area is 86.4 Å². The molecule has 80 valence electrons. The fourth-order valence-corrected chi connectivity index (χ4v) is 1.35. The fraction of sp³-hybridized carbons (Fsp3) is 0.300. The summed E-state index contributed by atoms with van der Waals surface area (Å²) in [5.74, 6) is 0.717. The maximum atomic E-state index is 11.5. The second-order valence-electron chi connectivity index (χ2n) is 3.18. The number of fused-ring (bicyclic) bond motifs is 1. The van der Waals surface area contributed by atoms with E-state index in [4.69, 9.17) is 15.2 Å². The Morgan fingerprint density at radius 1 is 1.47 bits per heavy atom. The van der Waals surface area contributed by atoms with Gasteiger partial charge in [0.15, 0.2) is 17.3 Å². The van der Waals surface area contributed by atoms with Crippen molar-refractivity contribution in [2.75, 3.05) is 13.3 Å². The number of carbonyl (C=O) groups is 1. The number of ketones is 1. The molecule has 2 rings (SSSR count). The zero-order valence-electron chi connectivity index (χ0n) is 7.97. The van der Waals surface area contributed by atoms with Crippen molar-refractivity contribution in [2.45, 2.75) is 6.10 Å². The number of aliphatic hydroxyl groups is 1. The Morgan fingerprint density at radius 2 is 2.20 bits per heavy atom. The van der Waals surface area contributed by atoms with E-state index in [0.29, 0.717) is 17.1 Å². The van der Waals surface area contributed by atoms with E-state index in [9.17, 15) is 9.90 Å². The quantitative estimate of drug-likeness (QED) is 0.680. The predicted octanol–water partition coefficient (Wildman–Crippen LogP) is -0.0824. The second kappa shape index (κ2) is 3.88. The molecule has 15 heavy (non-hydrogen) atoms. The summed E-state index contributed by atoms with van der Waals surface area (Å²) in [6, 6.07) is 4.76. The summed E-state index contributed by atoms with van der Waals surface area (Å²) in [7, 11) is 0. The third kappa shape index (κ3) is 1.79. The normalized spacial score (nSPS) is 15.1. The van der Waals surface area contributed by atoms with Crippen LogP contribution in [0.3, 0.4) is 0 Å². The van der Waals surface area contributed by atoms with Crippen LogP contribution >= 0.6 is 0 Å². The van der Waals surface area contributed by atoms with Gasteiger partial charge >= 0.3 is 0 Å². The van der Waals surface area contributed by atoms with Gasteiger partial charge in [-0.15, -0.1) is 0 Å². The zero-order chi connectivity index (χ0) is 10.8. The molecule has 0 bridgehead atoms. The molecule has 0 saturated heterocycles. The van der Waals surface area contributed by atoms with Crippen molar-refractivity contribution < 1.29 is 19.4 Å². The highest BCUT2D eigenvalue weighted by Crippen LogP contribution is 2.32. The first-order valence-corrected chi connectivity index (χ1v) is 4.54. The molecule has 0 saturated carbocycles. The maximum absolute atomic E-state index is 11.5. The number of aliphatic hydroxyl groups excluding tert-OH is 1. The van der Waals surface area contributed by atoms with Crippen molar-refractivity contribution in [3.8, 4) is 11.5 Å². The number of rotatable bonds is 3. The number of hydrogen-bond donors (Lipinski definition) is 2. The Kier molecular flexibility index (Phi) is 2.57. The predicted molar refractivity (Wildman–Crippen MR) is 52.0 cm³/mol. The molecule has 1 aliphatic heterocycles. The van der Waals surface area contributed by atoms with Gasteiger partial charge in [0.25, 0.3) is 0 Å². The number of nitrogens with two attached hydrogens (primary N) is 1. The molecule has 5 heteroatoms. The Hall–Kier alpha value is -1.59. The third-order valence-electron chi connectivity index (χ3n) is 2.18. The van der Waals surface area contributed by atoms with Crippen LogP contribution in [0.2, 0.25) is 0 Å². The summed E-state index contributed by atoms with van der Waals surface area (Å²) in [6.07, 6.45) is -1.16. The summed E-state index contributed by atoms with van der Waals surface area (Å²) >= 11 is 0. The monoisotopic (exact) mass is 209 g/mol. The second-order valence-corrected chi connectivity index (χ2v) is 3.18. The first-order valence-electron chi connectivity index (χ1n) is 4.54. The molecular weight excluding hydrogens is 198 g/mol. The molecule has 0 spiro atoms. The Balaban J connectivity index is 2.26. The Morgan fingerprint density at radius 3 is 2.93 bits per heavy atom. The molecule has 1 aromatic rings. The molecule has 5 nitrogen and oxygen atoms in total. The van der Waals surface area contributed by atoms with Gasteiger partial charge in [0, 0.05) is 12.1 Å². The van der Waals surface area contributed by atoms with E-state index < -0.39 is 11.9 Å².